The van der Waals surface area contributed by atoms with E-state index in [0.717, 1.165) is 31.6 Å². The van der Waals surface area contributed by atoms with Gasteiger partial charge in [-0.1, -0.05) is 6.92 Å². The van der Waals surface area contributed by atoms with Crippen LogP contribution in [0.1, 0.15) is 25.3 Å². The molecule has 0 radical (unpaired) electrons. The Morgan fingerprint density at radius 3 is 3.26 bits per heavy atom. The molecular formula is C15H20N2OS. The molecular weight excluding hydrogens is 256 g/mol. The van der Waals surface area contributed by atoms with Gasteiger partial charge in [-0.15, -0.1) is 11.3 Å². The van der Waals surface area contributed by atoms with Crippen LogP contribution in [0.2, 0.25) is 0 Å². The van der Waals surface area contributed by atoms with E-state index in [1.807, 2.05) is 6.20 Å². The van der Waals surface area contributed by atoms with Crippen LogP contribution in [0.15, 0.2) is 23.7 Å². The first-order valence-electron chi connectivity index (χ1n) is 6.84. The summed E-state index contributed by atoms with van der Waals surface area (Å²) in [7, 11) is 0. The van der Waals surface area contributed by atoms with Crippen molar-refractivity contribution in [3.63, 3.8) is 0 Å². The molecule has 1 saturated heterocycles. The van der Waals surface area contributed by atoms with Gasteiger partial charge >= 0.3 is 0 Å². The fourth-order valence-electron chi connectivity index (χ4n) is 2.92. The van der Waals surface area contributed by atoms with Crippen LogP contribution >= 0.6 is 11.3 Å². The van der Waals surface area contributed by atoms with Crippen LogP contribution in [-0.2, 0) is 6.54 Å². The van der Waals surface area contributed by atoms with Crippen LogP contribution in [0, 0.1) is 5.41 Å². The maximum Gasteiger partial charge on any atom is 0.0809 e. The lowest BCUT2D eigenvalue weighted by Crippen LogP contribution is -2.43. The Labute approximate surface area is 117 Å². The molecule has 3 rings (SSSR count). The van der Waals surface area contributed by atoms with Crippen LogP contribution in [0.25, 0.3) is 10.2 Å². The Morgan fingerprint density at radius 2 is 2.42 bits per heavy atom. The number of pyridine rings is 1. The Bertz CT molecular complexity index is 568. The number of hydrogen-bond acceptors (Lipinski definition) is 4. The number of fused-ring (bicyclic) bond motifs is 1. The van der Waals surface area contributed by atoms with Gasteiger partial charge in [0.15, 0.2) is 0 Å². The van der Waals surface area contributed by atoms with E-state index in [4.69, 9.17) is 0 Å². The summed E-state index contributed by atoms with van der Waals surface area (Å²) in [6.07, 6.45) is 4.29. The fraction of sp³-hybridized carbons (Fsp3) is 0.533. The summed E-state index contributed by atoms with van der Waals surface area (Å²) >= 11 is 1.75. The van der Waals surface area contributed by atoms with Gasteiger partial charge in [0, 0.05) is 31.3 Å². The Kier molecular flexibility index (Phi) is 3.56. The van der Waals surface area contributed by atoms with Crippen LogP contribution in [-0.4, -0.2) is 34.7 Å². The molecule has 1 N–H and O–H groups in total. The maximum absolute atomic E-state index is 9.51. The zero-order valence-electron chi connectivity index (χ0n) is 11.3. The molecule has 0 saturated carbocycles. The molecule has 1 unspecified atom stereocenters. The number of nitrogens with zero attached hydrogens (tertiary/aromatic N) is 2. The molecule has 19 heavy (non-hydrogen) atoms. The minimum atomic E-state index is 0.0682. The molecule has 0 aliphatic carbocycles. The monoisotopic (exact) mass is 276 g/mol. The molecule has 1 fully saturated rings. The highest BCUT2D eigenvalue weighted by Gasteiger charge is 2.30. The van der Waals surface area contributed by atoms with Gasteiger partial charge in [0.1, 0.15) is 0 Å². The summed E-state index contributed by atoms with van der Waals surface area (Å²) in [5.41, 5.74) is 2.43. The predicted octanol–water partition coefficient (Wildman–Crippen LogP) is 2.89. The van der Waals surface area contributed by atoms with Gasteiger partial charge in [-0.3, -0.25) is 9.88 Å². The van der Waals surface area contributed by atoms with Gasteiger partial charge in [0.25, 0.3) is 0 Å². The van der Waals surface area contributed by atoms with Crippen molar-refractivity contribution in [2.45, 2.75) is 26.3 Å². The number of thiophene rings is 1. The van der Waals surface area contributed by atoms with Crippen molar-refractivity contribution in [2.75, 3.05) is 19.7 Å². The van der Waals surface area contributed by atoms with Crippen molar-refractivity contribution in [1.29, 1.82) is 0 Å². The molecule has 1 aliphatic rings. The minimum absolute atomic E-state index is 0.0682. The second-order valence-corrected chi connectivity index (χ2v) is 6.88. The zero-order valence-corrected chi connectivity index (χ0v) is 12.1. The molecule has 0 bridgehead atoms. The van der Waals surface area contributed by atoms with Gasteiger partial charge in [-0.05, 0) is 42.5 Å². The van der Waals surface area contributed by atoms with Crippen molar-refractivity contribution in [2.24, 2.45) is 5.41 Å². The molecule has 0 amide bonds. The van der Waals surface area contributed by atoms with Gasteiger partial charge < -0.3 is 5.11 Å². The average Bonchev–Trinajstić information content (AvgIpc) is 2.86. The largest absolute Gasteiger partial charge is 0.396 e. The first kappa shape index (κ1) is 13.0. The lowest BCUT2D eigenvalue weighted by atomic mass is 9.83. The summed E-state index contributed by atoms with van der Waals surface area (Å²) in [5, 5.41) is 11.6. The first-order valence-corrected chi connectivity index (χ1v) is 7.72. The maximum atomic E-state index is 9.51. The molecule has 1 aliphatic heterocycles. The lowest BCUT2D eigenvalue weighted by molar-refractivity contribution is 0.0429. The molecule has 2 aromatic heterocycles. The number of hydrogen-bond donors (Lipinski definition) is 1. The summed E-state index contributed by atoms with van der Waals surface area (Å²) in [6, 6.07) is 4.31. The van der Waals surface area contributed by atoms with E-state index in [2.05, 4.69) is 34.3 Å². The van der Waals surface area contributed by atoms with E-state index in [-0.39, 0.29) is 12.0 Å². The van der Waals surface area contributed by atoms with Crippen molar-refractivity contribution in [1.82, 2.24) is 9.88 Å². The molecule has 102 valence electrons. The highest BCUT2D eigenvalue weighted by Crippen LogP contribution is 2.30. The lowest BCUT2D eigenvalue weighted by Gasteiger charge is -2.39. The molecule has 3 heterocycles. The normalized spacial score (nSPS) is 24.9. The Hall–Kier alpha value is -0.970. The zero-order chi connectivity index (χ0) is 13.3. The number of aliphatic hydroxyl groups excluding tert-OH is 1. The summed E-state index contributed by atoms with van der Waals surface area (Å²) in [6.45, 7) is 5.51. The quantitative estimate of drug-likeness (QED) is 0.936. The van der Waals surface area contributed by atoms with Crippen molar-refractivity contribution in [3.8, 4) is 0 Å². The number of rotatable bonds is 3. The van der Waals surface area contributed by atoms with Crippen LogP contribution in [0.4, 0.5) is 0 Å². The predicted molar refractivity (Wildman–Crippen MR) is 79.3 cm³/mol. The number of piperidine rings is 1. The topological polar surface area (TPSA) is 36.4 Å². The standard InChI is InChI=1S/C15H20N2OS/c1-15(11-18)4-2-5-17(10-15)9-12-7-14-13(16-8-12)3-6-19-14/h3,6-8,18H,2,4-5,9-11H2,1H3. The highest BCUT2D eigenvalue weighted by atomic mass is 32.1. The number of aromatic nitrogens is 1. The van der Waals surface area contributed by atoms with E-state index >= 15 is 0 Å². The highest BCUT2D eigenvalue weighted by molar-refractivity contribution is 7.17. The molecule has 4 heteroatoms. The first-order chi connectivity index (χ1) is 9.18. The van der Waals surface area contributed by atoms with Gasteiger partial charge in [0.2, 0.25) is 0 Å². The van der Waals surface area contributed by atoms with E-state index in [1.165, 1.54) is 16.7 Å². The van der Waals surface area contributed by atoms with E-state index in [1.54, 1.807) is 11.3 Å². The second-order valence-electron chi connectivity index (χ2n) is 5.93. The SMILES string of the molecule is CC1(CO)CCCN(Cc2cnc3ccsc3c2)C1. The van der Waals surface area contributed by atoms with E-state index in [9.17, 15) is 5.11 Å². The average molecular weight is 276 g/mol. The van der Waals surface area contributed by atoms with Gasteiger partial charge in [-0.2, -0.15) is 0 Å². The van der Waals surface area contributed by atoms with Gasteiger partial charge in [0.05, 0.1) is 10.2 Å². The third kappa shape index (κ3) is 2.81. The third-order valence-corrected chi connectivity index (χ3v) is 4.86. The number of aliphatic hydroxyl groups is 1. The summed E-state index contributed by atoms with van der Waals surface area (Å²) < 4.78 is 1.26. The third-order valence-electron chi connectivity index (χ3n) is 4.01. The van der Waals surface area contributed by atoms with E-state index in [0.29, 0.717) is 0 Å². The fourth-order valence-corrected chi connectivity index (χ4v) is 3.73. The smallest absolute Gasteiger partial charge is 0.0809 e. The Morgan fingerprint density at radius 1 is 1.53 bits per heavy atom. The minimum Gasteiger partial charge on any atom is -0.396 e. The van der Waals surface area contributed by atoms with Crippen molar-refractivity contribution < 1.29 is 5.11 Å². The van der Waals surface area contributed by atoms with Gasteiger partial charge in [-0.25, -0.2) is 0 Å². The summed E-state index contributed by atoms with van der Waals surface area (Å²) in [4.78, 5) is 6.94. The number of likely N-dealkylation sites (tertiary alicyclic amines) is 1. The molecule has 2 aromatic rings. The Balaban J connectivity index is 1.73. The van der Waals surface area contributed by atoms with Crippen LogP contribution in [0.5, 0.6) is 0 Å². The van der Waals surface area contributed by atoms with Crippen molar-refractivity contribution in [3.05, 3.63) is 29.3 Å². The molecule has 0 aromatic carbocycles. The molecule has 1 atom stereocenters. The van der Waals surface area contributed by atoms with Crippen molar-refractivity contribution >= 4 is 21.6 Å². The van der Waals surface area contributed by atoms with Crippen LogP contribution < -0.4 is 0 Å². The summed E-state index contributed by atoms with van der Waals surface area (Å²) in [5.74, 6) is 0. The van der Waals surface area contributed by atoms with E-state index < -0.39 is 0 Å². The molecule has 0 spiro atoms. The second kappa shape index (κ2) is 5.19. The van der Waals surface area contributed by atoms with Crippen LogP contribution in [0.3, 0.4) is 0 Å². The molecule has 3 nitrogen and oxygen atoms in total.